The minimum atomic E-state index is 0.128. The number of carbonyl (C=O) groups is 1. The van der Waals surface area contributed by atoms with Crippen molar-refractivity contribution in [3.8, 4) is 0 Å². The molecule has 2 nitrogen and oxygen atoms in total. The van der Waals surface area contributed by atoms with Crippen LogP contribution in [0.5, 0.6) is 0 Å². The van der Waals surface area contributed by atoms with Crippen LogP contribution in [-0.4, -0.2) is 11.8 Å². The molecule has 0 aliphatic rings. The molecule has 2 N–H and O–H groups in total. The molecular weight excluding hydrogens is 206 g/mol. The van der Waals surface area contributed by atoms with Crippen LogP contribution in [0.15, 0.2) is 12.1 Å². The average Bonchev–Trinajstić information content (AvgIpc) is 2.62. The highest BCUT2D eigenvalue weighted by Crippen LogP contribution is 2.18. The van der Waals surface area contributed by atoms with Crippen LogP contribution in [0, 0.1) is 0 Å². The zero-order valence-corrected chi connectivity index (χ0v) is 10.3. The lowest BCUT2D eigenvalue weighted by Gasteiger charge is -2.02. The van der Waals surface area contributed by atoms with Crippen molar-refractivity contribution in [1.29, 1.82) is 0 Å². The predicted molar refractivity (Wildman–Crippen MR) is 65.3 cm³/mol. The van der Waals surface area contributed by atoms with Gasteiger partial charge in [0.15, 0.2) is 0 Å². The Bertz CT molecular complexity index is 317. The van der Waals surface area contributed by atoms with Gasteiger partial charge in [-0.2, -0.15) is 0 Å². The second-order valence-corrected chi connectivity index (χ2v) is 5.21. The Balaban J connectivity index is 2.37. The van der Waals surface area contributed by atoms with Gasteiger partial charge in [0.25, 0.3) is 0 Å². The number of carbonyl (C=O) groups excluding carboxylic acids is 1. The predicted octanol–water partition coefficient (Wildman–Crippen LogP) is 2.55. The molecule has 0 saturated heterocycles. The third kappa shape index (κ3) is 4.58. The molecule has 0 radical (unpaired) electrons. The largest absolute Gasteiger partial charge is 0.328 e. The van der Waals surface area contributed by atoms with E-state index in [0.717, 1.165) is 12.8 Å². The van der Waals surface area contributed by atoms with E-state index in [1.807, 2.05) is 6.92 Å². The molecule has 1 rings (SSSR count). The first kappa shape index (κ1) is 12.4. The number of thiophene rings is 1. The van der Waals surface area contributed by atoms with Crippen LogP contribution in [0.25, 0.3) is 0 Å². The molecule has 0 aliphatic carbocycles. The fraction of sp³-hybridized carbons (Fsp3) is 0.583. The van der Waals surface area contributed by atoms with E-state index in [4.69, 9.17) is 5.73 Å². The van der Waals surface area contributed by atoms with E-state index in [-0.39, 0.29) is 6.04 Å². The summed E-state index contributed by atoms with van der Waals surface area (Å²) < 4.78 is 0. The maximum absolute atomic E-state index is 11.6. The van der Waals surface area contributed by atoms with E-state index in [2.05, 4.69) is 19.1 Å². The zero-order valence-electron chi connectivity index (χ0n) is 9.45. The van der Waals surface area contributed by atoms with Crippen LogP contribution in [0.2, 0.25) is 0 Å². The van der Waals surface area contributed by atoms with Gasteiger partial charge in [-0.15, -0.1) is 11.3 Å². The maximum atomic E-state index is 11.6. The normalized spacial score (nSPS) is 12.7. The van der Waals surface area contributed by atoms with Gasteiger partial charge >= 0.3 is 0 Å². The SMILES string of the molecule is CCc1ccc(CC(=O)CCC(C)N)s1. The second kappa shape index (κ2) is 6.03. The number of rotatable bonds is 6. The molecule has 0 aromatic carbocycles. The quantitative estimate of drug-likeness (QED) is 0.808. The molecular formula is C12H19NOS. The summed E-state index contributed by atoms with van der Waals surface area (Å²) in [5.41, 5.74) is 5.61. The number of nitrogens with two attached hydrogens (primary N) is 1. The molecule has 1 aromatic rings. The Morgan fingerprint density at radius 1 is 1.47 bits per heavy atom. The molecule has 1 atom stereocenters. The number of hydrogen-bond donors (Lipinski definition) is 1. The molecule has 0 aliphatic heterocycles. The Morgan fingerprint density at radius 3 is 2.67 bits per heavy atom. The topological polar surface area (TPSA) is 43.1 Å². The fourth-order valence-electron chi connectivity index (χ4n) is 1.38. The third-order valence-electron chi connectivity index (χ3n) is 2.32. The summed E-state index contributed by atoms with van der Waals surface area (Å²) in [7, 11) is 0. The van der Waals surface area contributed by atoms with E-state index >= 15 is 0 Å². The van der Waals surface area contributed by atoms with Crippen LogP contribution >= 0.6 is 11.3 Å². The van der Waals surface area contributed by atoms with Gasteiger partial charge in [-0.3, -0.25) is 4.79 Å². The van der Waals surface area contributed by atoms with Gasteiger partial charge in [-0.1, -0.05) is 6.92 Å². The summed E-state index contributed by atoms with van der Waals surface area (Å²) in [6.07, 6.45) is 3.04. The van der Waals surface area contributed by atoms with Crippen LogP contribution in [0.4, 0.5) is 0 Å². The smallest absolute Gasteiger partial charge is 0.138 e. The number of ketones is 1. The lowest BCUT2D eigenvalue weighted by molar-refractivity contribution is -0.118. The van der Waals surface area contributed by atoms with Crippen molar-refractivity contribution in [2.75, 3.05) is 0 Å². The molecule has 1 unspecified atom stereocenters. The van der Waals surface area contributed by atoms with E-state index in [1.165, 1.54) is 9.75 Å². The van der Waals surface area contributed by atoms with Crippen molar-refractivity contribution in [2.45, 2.75) is 45.6 Å². The van der Waals surface area contributed by atoms with Gasteiger partial charge in [0, 0.05) is 28.6 Å². The number of Topliss-reactive ketones (excluding diaryl/α,β-unsaturated/α-hetero) is 1. The Hall–Kier alpha value is -0.670. The van der Waals surface area contributed by atoms with E-state index in [9.17, 15) is 4.79 Å². The molecule has 0 fully saturated rings. The first-order valence-corrected chi connectivity index (χ1v) is 6.28. The molecule has 15 heavy (non-hydrogen) atoms. The number of hydrogen-bond acceptors (Lipinski definition) is 3. The molecule has 0 saturated carbocycles. The van der Waals surface area contributed by atoms with Crippen molar-refractivity contribution in [3.63, 3.8) is 0 Å². The highest BCUT2D eigenvalue weighted by atomic mass is 32.1. The second-order valence-electron chi connectivity index (χ2n) is 3.95. The van der Waals surface area contributed by atoms with Crippen LogP contribution in [0.3, 0.4) is 0 Å². The molecule has 0 bridgehead atoms. The van der Waals surface area contributed by atoms with Gasteiger partial charge in [0.1, 0.15) is 5.78 Å². The monoisotopic (exact) mass is 225 g/mol. The summed E-state index contributed by atoms with van der Waals surface area (Å²) in [5.74, 6) is 0.303. The highest BCUT2D eigenvalue weighted by molar-refractivity contribution is 7.12. The lowest BCUT2D eigenvalue weighted by atomic mass is 10.1. The van der Waals surface area contributed by atoms with Crippen molar-refractivity contribution >= 4 is 17.1 Å². The van der Waals surface area contributed by atoms with Gasteiger partial charge in [0.05, 0.1) is 0 Å². The third-order valence-corrected chi connectivity index (χ3v) is 3.55. The summed E-state index contributed by atoms with van der Waals surface area (Å²) in [6.45, 7) is 4.07. The molecule has 84 valence electrons. The van der Waals surface area contributed by atoms with Crippen LogP contribution < -0.4 is 5.73 Å². The molecule has 1 aromatic heterocycles. The summed E-state index contributed by atoms with van der Waals surface area (Å²) in [4.78, 5) is 14.1. The van der Waals surface area contributed by atoms with Crippen LogP contribution in [0.1, 0.15) is 36.4 Å². The fourth-order valence-corrected chi connectivity index (χ4v) is 2.37. The zero-order chi connectivity index (χ0) is 11.3. The van der Waals surface area contributed by atoms with Crippen LogP contribution in [-0.2, 0) is 17.6 Å². The molecule has 3 heteroatoms. The van der Waals surface area contributed by atoms with Gasteiger partial charge in [0.2, 0.25) is 0 Å². The minimum Gasteiger partial charge on any atom is -0.328 e. The Morgan fingerprint density at radius 2 is 2.13 bits per heavy atom. The van der Waals surface area contributed by atoms with Gasteiger partial charge < -0.3 is 5.73 Å². The highest BCUT2D eigenvalue weighted by Gasteiger charge is 2.07. The Kier molecular flexibility index (Phi) is 4.99. The first-order chi connectivity index (χ1) is 7.11. The van der Waals surface area contributed by atoms with E-state index in [1.54, 1.807) is 11.3 Å². The van der Waals surface area contributed by atoms with E-state index in [0.29, 0.717) is 18.6 Å². The molecule has 1 heterocycles. The summed E-state index contributed by atoms with van der Waals surface area (Å²) in [5, 5.41) is 0. The number of aryl methyl sites for hydroxylation is 1. The maximum Gasteiger partial charge on any atom is 0.138 e. The van der Waals surface area contributed by atoms with E-state index < -0.39 is 0 Å². The van der Waals surface area contributed by atoms with Crippen molar-refractivity contribution in [3.05, 3.63) is 21.9 Å². The molecule has 0 spiro atoms. The summed E-state index contributed by atoms with van der Waals surface area (Å²) >= 11 is 1.74. The minimum absolute atomic E-state index is 0.128. The Labute approximate surface area is 95.5 Å². The van der Waals surface area contributed by atoms with Crippen molar-refractivity contribution in [2.24, 2.45) is 5.73 Å². The van der Waals surface area contributed by atoms with Crippen molar-refractivity contribution < 1.29 is 4.79 Å². The standard InChI is InChI=1S/C12H19NOS/c1-3-11-6-7-12(15-11)8-10(14)5-4-9(2)13/h6-7,9H,3-5,8,13H2,1-2H3. The average molecular weight is 225 g/mol. The van der Waals surface area contributed by atoms with Gasteiger partial charge in [-0.05, 0) is 31.9 Å². The summed E-state index contributed by atoms with van der Waals surface area (Å²) in [6, 6.07) is 4.30. The van der Waals surface area contributed by atoms with Gasteiger partial charge in [-0.25, -0.2) is 0 Å². The molecule has 0 amide bonds. The van der Waals surface area contributed by atoms with Crippen molar-refractivity contribution in [1.82, 2.24) is 0 Å². The lowest BCUT2D eigenvalue weighted by Crippen LogP contribution is -2.16. The first-order valence-electron chi connectivity index (χ1n) is 5.46.